The van der Waals surface area contributed by atoms with Crippen LogP contribution in [0.1, 0.15) is 11.1 Å². The Morgan fingerprint density at radius 2 is 1.43 bits per heavy atom. The summed E-state index contributed by atoms with van der Waals surface area (Å²) in [4.78, 5) is 0. The van der Waals surface area contributed by atoms with Crippen molar-refractivity contribution in [3.8, 4) is 0 Å². The van der Waals surface area contributed by atoms with Crippen molar-refractivity contribution in [3.63, 3.8) is 0 Å². The minimum Gasteiger partial charge on any atom is -0.394 e. The summed E-state index contributed by atoms with van der Waals surface area (Å²) in [5.74, 6) is 0. The molecule has 28 heavy (non-hydrogen) atoms. The highest BCUT2D eigenvalue weighted by molar-refractivity contribution is 6.22. The molecule has 2 heterocycles. The lowest BCUT2D eigenvalue weighted by Crippen LogP contribution is -2.53. The molecular formula is C20H20Cl2O6. The maximum absolute atomic E-state index is 10.8. The van der Waals surface area contributed by atoms with Crippen LogP contribution in [0, 0.1) is 0 Å². The fraction of sp³-hybridized carbons (Fsp3) is 0.400. The Morgan fingerprint density at radius 3 is 2.00 bits per heavy atom. The summed E-state index contributed by atoms with van der Waals surface area (Å²) in [6.07, 6.45) is -3.94. The molecule has 6 nitrogen and oxygen atoms in total. The van der Waals surface area contributed by atoms with E-state index in [2.05, 4.69) is 0 Å². The molecule has 4 rings (SSSR count). The van der Waals surface area contributed by atoms with Crippen molar-refractivity contribution >= 4 is 23.2 Å². The molecule has 6 atom stereocenters. The van der Waals surface area contributed by atoms with Crippen LogP contribution in [0.3, 0.4) is 0 Å². The van der Waals surface area contributed by atoms with Crippen molar-refractivity contribution < 1.29 is 29.2 Å². The highest BCUT2D eigenvalue weighted by Gasteiger charge is 2.55. The minimum absolute atomic E-state index is 0.0421. The highest BCUT2D eigenvalue weighted by Crippen LogP contribution is 2.45. The van der Waals surface area contributed by atoms with Gasteiger partial charge in [0, 0.05) is 11.1 Å². The van der Waals surface area contributed by atoms with Crippen LogP contribution in [0.25, 0.3) is 0 Å². The fourth-order valence-electron chi connectivity index (χ4n) is 3.37. The molecule has 150 valence electrons. The van der Waals surface area contributed by atoms with Crippen molar-refractivity contribution in [2.75, 3.05) is 13.2 Å². The van der Waals surface area contributed by atoms with E-state index in [1.165, 1.54) is 0 Å². The molecule has 0 radical (unpaired) electrons. The van der Waals surface area contributed by atoms with Crippen LogP contribution in [0.15, 0.2) is 60.7 Å². The van der Waals surface area contributed by atoms with Gasteiger partial charge in [-0.05, 0) is 0 Å². The van der Waals surface area contributed by atoms with Gasteiger partial charge in [0.2, 0.25) is 0 Å². The van der Waals surface area contributed by atoms with E-state index in [9.17, 15) is 10.2 Å². The first-order valence-corrected chi connectivity index (χ1v) is 9.66. The summed E-state index contributed by atoms with van der Waals surface area (Å²) in [7, 11) is 0. The summed E-state index contributed by atoms with van der Waals surface area (Å²) in [5.41, 5.74) is 1.11. The second-order valence-electron chi connectivity index (χ2n) is 6.68. The molecule has 2 saturated heterocycles. The largest absolute Gasteiger partial charge is 0.394 e. The van der Waals surface area contributed by atoms with Gasteiger partial charge in [-0.25, -0.2) is 0 Å². The normalized spacial score (nSPS) is 38.4. The lowest BCUT2D eigenvalue weighted by molar-refractivity contribution is -0.267. The Labute approximate surface area is 172 Å². The SMILES string of the molecule is OC[C@H]1OC(Cl)(c2ccccc2)OC[C@@H]2OC(Cl)(c3ccccc3)O[C@@H]2[C@H]1O. The van der Waals surface area contributed by atoms with Crippen LogP contribution in [-0.2, 0) is 29.4 Å². The topological polar surface area (TPSA) is 77.4 Å². The van der Waals surface area contributed by atoms with Crippen LogP contribution < -0.4 is 0 Å². The predicted molar refractivity (Wildman–Crippen MR) is 102 cm³/mol. The molecule has 0 saturated carbocycles. The summed E-state index contributed by atoms with van der Waals surface area (Å²) >= 11 is 13.2. The van der Waals surface area contributed by atoms with Gasteiger partial charge in [0.15, 0.2) is 0 Å². The van der Waals surface area contributed by atoms with E-state index in [1.54, 1.807) is 48.5 Å². The Morgan fingerprint density at radius 1 is 0.857 bits per heavy atom. The molecule has 2 N–H and O–H groups in total. The molecule has 2 aliphatic rings. The zero-order valence-corrected chi connectivity index (χ0v) is 16.3. The zero-order chi connectivity index (χ0) is 19.8. The smallest absolute Gasteiger partial charge is 0.277 e. The number of hydrogen-bond donors (Lipinski definition) is 2. The molecule has 2 fully saturated rings. The molecule has 2 aliphatic heterocycles. The highest BCUT2D eigenvalue weighted by atomic mass is 35.5. The fourth-order valence-corrected chi connectivity index (χ4v) is 4.01. The van der Waals surface area contributed by atoms with E-state index in [4.69, 9.17) is 42.1 Å². The molecule has 2 aromatic carbocycles. The molecule has 0 aromatic heterocycles. The first kappa shape index (κ1) is 20.1. The molecule has 0 amide bonds. The first-order chi connectivity index (χ1) is 13.5. The first-order valence-electron chi connectivity index (χ1n) is 8.90. The lowest BCUT2D eigenvalue weighted by atomic mass is 10.0. The Balaban J connectivity index is 1.64. The molecule has 2 aromatic rings. The van der Waals surface area contributed by atoms with Gasteiger partial charge in [0.1, 0.15) is 24.4 Å². The van der Waals surface area contributed by atoms with Crippen LogP contribution in [0.4, 0.5) is 0 Å². The average Bonchev–Trinajstić information content (AvgIpc) is 3.08. The maximum atomic E-state index is 10.8. The number of ether oxygens (including phenoxy) is 4. The second kappa shape index (κ2) is 7.89. The van der Waals surface area contributed by atoms with Gasteiger partial charge < -0.3 is 29.2 Å². The van der Waals surface area contributed by atoms with Gasteiger partial charge in [0.25, 0.3) is 10.5 Å². The van der Waals surface area contributed by atoms with Crippen molar-refractivity contribution in [2.24, 2.45) is 0 Å². The summed E-state index contributed by atoms with van der Waals surface area (Å²) in [5, 5.41) is 17.3. The number of rotatable bonds is 3. The number of aliphatic hydroxyl groups excluding tert-OH is 2. The summed E-state index contributed by atoms with van der Waals surface area (Å²) < 4.78 is 23.4. The van der Waals surface area contributed by atoms with Crippen molar-refractivity contribution in [2.45, 2.75) is 34.9 Å². The van der Waals surface area contributed by atoms with Crippen molar-refractivity contribution in [3.05, 3.63) is 71.8 Å². The van der Waals surface area contributed by atoms with Gasteiger partial charge in [-0.15, -0.1) is 0 Å². The molecular weight excluding hydrogens is 407 g/mol. The number of alkyl halides is 2. The van der Waals surface area contributed by atoms with Gasteiger partial charge >= 0.3 is 0 Å². The van der Waals surface area contributed by atoms with E-state index < -0.39 is 41.5 Å². The Hall–Kier alpha value is -1.22. The maximum Gasteiger partial charge on any atom is 0.277 e. The third-order valence-electron chi connectivity index (χ3n) is 4.83. The van der Waals surface area contributed by atoms with Crippen LogP contribution in [-0.4, -0.2) is 47.8 Å². The Bertz CT molecular complexity index is 794. The quantitative estimate of drug-likeness (QED) is 0.734. The summed E-state index contributed by atoms with van der Waals surface area (Å²) in [6.45, 7) is -0.543. The number of halogens is 2. The van der Waals surface area contributed by atoms with Crippen LogP contribution in [0.5, 0.6) is 0 Å². The van der Waals surface area contributed by atoms with Crippen LogP contribution >= 0.6 is 23.2 Å². The van der Waals surface area contributed by atoms with Crippen LogP contribution in [0.2, 0.25) is 0 Å². The lowest BCUT2D eigenvalue weighted by Gasteiger charge is -2.38. The predicted octanol–water partition coefficient (Wildman–Crippen LogP) is 2.64. The van der Waals surface area contributed by atoms with E-state index in [-0.39, 0.29) is 6.61 Å². The van der Waals surface area contributed by atoms with Gasteiger partial charge in [0.05, 0.1) is 13.2 Å². The number of benzene rings is 2. The number of fused-ring (bicyclic) bond motifs is 1. The standard InChI is InChI=1S/C20H20Cl2O6/c21-19(13-7-3-1-4-8-13)25-12-16-18(17(24)15(11-23)26-19)28-20(22,27-16)14-9-5-2-6-10-14/h1-10,15-18,23-24H,11-12H2/t15-,16+,17+,18+,19?,20?/m1/s1. The van der Waals surface area contributed by atoms with E-state index in [0.29, 0.717) is 11.1 Å². The van der Waals surface area contributed by atoms with E-state index >= 15 is 0 Å². The third-order valence-corrected chi connectivity index (χ3v) is 5.64. The second-order valence-corrected chi connectivity index (χ2v) is 7.68. The molecule has 0 aliphatic carbocycles. The molecule has 8 heteroatoms. The molecule has 0 spiro atoms. The third kappa shape index (κ3) is 3.67. The Kier molecular flexibility index (Phi) is 5.66. The van der Waals surface area contributed by atoms with Gasteiger partial charge in [-0.2, -0.15) is 0 Å². The van der Waals surface area contributed by atoms with Gasteiger partial charge in [-0.1, -0.05) is 83.9 Å². The van der Waals surface area contributed by atoms with Gasteiger partial charge in [-0.3, -0.25) is 0 Å². The zero-order valence-electron chi connectivity index (χ0n) is 14.8. The van der Waals surface area contributed by atoms with Crippen molar-refractivity contribution in [1.82, 2.24) is 0 Å². The number of hydrogen-bond acceptors (Lipinski definition) is 6. The van der Waals surface area contributed by atoms with E-state index in [0.717, 1.165) is 0 Å². The minimum atomic E-state index is -1.70. The molecule has 2 unspecified atom stereocenters. The average molecular weight is 427 g/mol. The number of aliphatic hydroxyl groups is 2. The van der Waals surface area contributed by atoms with E-state index in [1.807, 2.05) is 12.1 Å². The van der Waals surface area contributed by atoms with Crippen molar-refractivity contribution in [1.29, 1.82) is 0 Å². The molecule has 0 bridgehead atoms. The monoisotopic (exact) mass is 426 g/mol. The summed E-state index contributed by atoms with van der Waals surface area (Å²) in [6, 6.07) is 17.8.